The standard InChI is InChI=1S/C16H19F3N2O3S.C15H17F3N2O3S/c1-2-8-21-9-6-12(7-10-21)13-4-3-5-15(14(13)11-20)24-25(22,23)16(17,18)19;1-2-20-8-6-11(7-9-20)12-4-3-5-14(13(12)10-19)23-24(21,22)15(16,17)18/h3-5,12H,2,6-10H2,1H3;3-5,11H,2,6-9H2,1H3. The second-order valence-corrected chi connectivity index (χ2v) is 14.5. The largest absolute Gasteiger partial charge is 0.534 e. The van der Waals surface area contributed by atoms with Gasteiger partial charge in [0.2, 0.25) is 0 Å². The van der Waals surface area contributed by atoms with Crippen LogP contribution in [-0.4, -0.2) is 76.9 Å². The van der Waals surface area contributed by atoms with E-state index >= 15 is 0 Å². The second kappa shape index (κ2) is 16.4. The van der Waals surface area contributed by atoms with Crippen LogP contribution in [0.2, 0.25) is 0 Å². The molecule has 0 radical (unpaired) electrons. The first kappa shape index (κ1) is 39.9. The van der Waals surface area contributed by atoms with Crippen LogP contribution in [-0.2, 0) is 20.2 Å². The molecule has 2 fully saturated rings. The Labute approximate surface area is 282 Å². The third kappa shape index (κ3) is 10.00. The van der Waals surface area contributed by atoms with Crippen molar-refractivity contribution in [1.29, 1.82) is 10.5 Å². The molecule has 2 saturated heterocycles. The van der Waals surface area contributed by atoms with E-state index in [9.17, 15) is 53.7 Å². The lowest BCUT2D eigenvalue weighted by Gasteiger charge is -2.32. The second-order valence-electron chi connectivity index (χ2n) is 11.5. The molecule has 4 rings (SSSR count). The number of halogens is 6. The Morgan fingerprint density at radius 1 is 0.694 bits per heavy atom. The predicted molar refractivity (Wildman–Crippen MR) is 166 cm³/mol. The number of piperidine rings is 2. The highest BCUT2D eigenvalue weighted by Crippen LogP contribution is 2.37. The molecule has 2 aromatic carbocycles. The number of hydrogen-bond donors (Lipinski definition) is 0. The molecule has 0 atom stereocenters. The first-order valence-corrected chi connectivity index (χ1v) is 18.2. The van der Waals surface area contributed by atoms with Crippen LogP contribution < -0.4 is 8.37 Å². The Hall–Kier alpha value is -3.58. The SMILES string of the molecule is CCCN1CCC(c2cccc(OS(=O)(=O)C(F)(F)F)c2C#N)CC1.CCN1CCC(c2cccc(OS(=O)(=O)C(F)(F)F)c2C#N)CC1. The summed E-state index contributed by atoms with van der Waals surface area (Å²) in [5, 5.41) is 18.7. The minimum absolute atomic E-state index is 0.0140. The fraction of sp³-hybridized carbons (Fsp3) is 0.548. The number of hydrogen-bond acceptors (Lipinski definition) is 10. The van der Waals surface area contributed by atoms with Gasteiger partial charge >= 0.3 is 31.3 Å². The van der Waals surface area contributed by atoms with Gasteiger partial charge in [-0.3, -0.25) is 0 Å². The molecule has 0 spiro atoms. The van der Waals surface area contributed by atoms with Gasteiger partial charge in [-0.25, -0.2) is 0 Å². The van der Waals surface area contributed by atoms with Crippen molar-refractivity contribution in [2.75, 3.05) is 39.3 Å². The van der Waals surface area contributed by atoms with Gasteiger partial charge in [-0.05, 0) is 106 Å². The maximum atomic E-state index is 12.5. The maximum Gasteiger partial charge on any atom is 0.534 e. The van der Waals surface area contributed by atoms with E-state index in [4.69, 9.17) is 0 Å². The highest BCUT2D eigenvalue weighted by Gasteiger charge is 2.50. The Balaban J connectivity index is 0.000000266. The van der Waals surface area contributed by atoms with Gasteiger partial charge < -0.3 is 18.2 Å². The van der Waals surface area contributed by atoms with Crippen LogP contribution in [0.15, 0.2) is 36.4 Å². The van der Waals surface area contributed by atoms with Crippen LogP contribution in [0.3, 0.4) is 0 Å². The zero-order valence-electron chi connectivity index (χ0n) is 26.7. The van der Waals surface area contributed by atoms with Crippen molar-refractivity contribution in [1.82, 2.24) is 9.80 Å². The smallest absolute Gasteiger partial charge is 0.375 e. The normalized spacial score (nSPS) is 17.3. The van der Waals surface area contributed by atoms with E-state index in [0.717, 1.165) is 83.5 Å². The molecule has 0 saturated carbocycles. The number of likely N-dealkylation sites (tertiary alicyclic amines) is 2. The highest BCUT2D eigenvalue weighted by atomic mass is 32.2. The minimum atomic E-state index is -5.81. The van der Waals surface area contributed by atoms with Crippen molar-refractivity contribution in [3.8, 4) is 23.6 Å². The molecule has 0 aliphatic carbocycles. The van der Waals surface area contributed by atoms with Gasteiger partial charge in [-0.1, -0.05) is 38.1 Å². The van der Waals surface area contributed by atoms with E-state index < -0.39 is 42.8 Å². The van der Waals surface area contributed by atoms with E-state index in [-0.39, 0.29) is 23.0 Å². The van der Waals surface area contributed by atoms with Crippen molar-refractivity contribution in [2.45, 2.75) is 68.8 Å². The van der Waals surface area contributed by atoms with Crippen LogP contribution >= 0.6 is 0 Å². The third-order valence-electron chi connectivity index (χ3n) is 8.35. The average Bonchev–Trinajstić information content (AvgIpc) is 3.04. The Morgan fingerprint density at radius 2 is 1.06 bits per heavy atom. The summed E-state index contributed by atoms with van der Waals surface area (Å²) in [6, 6.07) is 11.8. The van der Waals surface area contributed by atoms with Gasteiger partial charge in [0.05, 0.1) is 11.1 Å². The van der Waals surface area contributed by atoms with Crippen LogP contribution in [0.25, 0.3) is 0 Å². The first-order chi connectivity index (χ1) is 22.9. The summed E-state index contributed by atoms with van der Waals surface area (Å²) in [6.07, 6.45) is 4.04. The van der Waals surface area contributed by atoms with Gasteiger partial charge in [-0.2, -0.15) is 53.7 Å². The molecular formula is C31H36F6N4O6S2. The molecule has 0 amide bonds. The van der Waals surface area contributed by atoms with Gasteiger partial charge in [-0.15, -0.1) is 0 Å². The summed E-state index contributed by atoms with van der Waals surface area (Å²) in [6.45, 7) is 9.30. The highest BCUT2D eigenvalue weighted by molar-refractivity contribution is 7.88. The number of nitrogens with zero attached hydrogens (tertiary/aromatic N) is 4. The average molecular weight is 739 g/mol. The zero-order valence-corrected chi connectivity index (χ0v) is 28.4. The van der Waals surface area contributed by atoms with Crippen molar-refractivity contribution in [3.63, 3.8) is 0 Å². The van der Waals surface area contributed by atoms with Gasteiger partial charge in [0, 0.05) is 0 Å². The van der Waals surface area contributed by atoms with E-state index in [1.54, 1.807) is 24.3 Å². The van der Waals surface area contributed by atoms with E-state index in [2.05, 4.69) is 25.1 Å². The van der Waals surface area contributed by atoms with E-state index in [0.29, 0.717) is 11.1 Å². The van der Waals surface area contributed by atoms with Crippen LogP contribution in [0.4, 0.5) is 26.3 Å². The Kier molecular flexibility index (Phi) is 13.4. The van der Waals surface area contributed by atoms with Gasteiger partial charge in [0.15, 0.2) is 11.5 Å². The summed E-state index contributed by atoms with van der Waals surface area (Å²) in [5.41, 5.74) is -10.3. The fourth-order valence-electron chi connectivity index (χ4n) is 5.83. The van der Waals surface area contributed by atoms with Crippen molar-refractivity contribution < 1.29 is 51.5 Å². The van der Waals surface area contributed by atoms with Crippen molar-refractivity contribution >= 4 is 20.2 Å². The molecule has 2 aliphatic rings. The maximum absolute atomic E-state index is 12.5. The number of nitriles is 2. The van der Waals surface area contributed by atoms with Crippen LogP contribution in [0, 0.1) is 22.7 Å². The molecule has 2 heterocycles. The Morgan fingerprint density at radius 3 is 1.37 bits per heavy atom. The summed E-state index contributed by atoms with van der Waals surface area (Å²) in [5.74, 6) is -1.18. The third-order valence-corrected chi connectivity index (χ3v) is 10.3. The number of benzene rings is 2. The molecule has 18 heteroatoms. The van der Waals surface area contributed by atoms with Gasteiger partial charge in [0.25, 0.3) is 0 Å². The molecule has 2 aliphatic heterocycles. The van der Waals surface area contributed by atoms with Crippen molar-refractivity contribution in [3.05, 3.63) is 58.7 Å². The molecule has 270 valence electrons. The van der Waals surface area contributed by atoms with E-state index in [1.807, 2.05) is 6.92 Å². The lowest BCUT2D eigenvalue weighted by atomic mass is 9.86. The van der Waals surface area contributed by atoms with Gasteiger partial charge in [0.1, 0.15) is 12.1 Å². The zero-order chi connectivity index (χ0) is 36.6. The monoisotopic (exact) mass is 738 g/mol. The topological polar surface area (TPSA) is 141 Å². The van der Waals surface area contributed by atoms with Crippen LogP contribution in [0.5, 0.6) is 11.5 Å². The Bertz CT molecular complexity index is 1740. The number of rotatable bonds is 9. The molecule has 2 aromatic rings. The van der Waals surface area contributed by atoms with E-state index in [1.165, 1.54) is 12.1 Å². The summed E-state index contributed by atoms with van der Waals surface area (Å²) >= 11 is 0. The molecule has 49 heavy (non-hydrogen) atoms. The summed E-state index contributed by atoms with van der Waals surface area (Å²) < 4.78 is 128. The minimum Gasteiger partial charge on any atom is -0.375 e. The fourth-order valence-corrected chi connectivity index (χ4v) is 6.77. The lowest BCUT2D eigenvalue weighted by molar-refractivity contribution is -0.0505. The summed E-state index contributed by atoms with van der Waals surface area (Å²) in [4.78, 5) is 4.52. The molecule has 0 unspecified atom stereocenters. The summed E-state index contributed by atoms with van der Waals surface area (Å²) in [7, 11) is -11.6. The first-order valence-electron chi connectivity index (χ1n) is 15.4. The molecule has 10 nitrogen and oxygen atoms in total. The van der Waals surface area contributed by atoms with Crippen molar-refractivity contribution in [2.24, 2.45) is 0 Å². The van der Waals surface area contributed by atoms with Crippen LogP contribution in [0.1, 0.15) is 80.0 Å². The quantitative estimate of drug-likeness (QED) is 0.162. The number of alkyl halides is 6. The molecular weight excluding hydrogens is 702 g/mol. The molecule has 0 bridgehead atoms. The molecule has 0 N–H and O–H groups in total. The lowest BCUT2D eigenvalue weighted by Crippen LogP contribution is -2.33. The molecule has 0 aromatic heterocycles. The predicted octanol–water partition coefficient (Wildman–Crippen LogP) is 6.36.